The summed E-state index contributed by atoms with van der Waals surface area (Å²) in [5, 5.41) is 2.74. The predicted molar refractivity (Wildman–Crippen MR) is 79.4 cm³/mol. The fraction of sp³-hybridized carbons (Fsp3) is 0. The molecule has 0 aliphatic carbocycles. The first-order valence-corrected chi connectivity index (χ1v) is 6.65. The number of rotatable bonds is 2. The van der Waals surface area contributed by atoms with E-state index in [1.807, 2.05) is 0 Å². The van der Waals surface area contributed by atoms with E-state index in [0.717, 1.165) is 9.99 Å². The maximum absolute atomic E-state index is 12.2. The van der Waals surface area contributed by atoms with E-state index in [4.69, 9.17) is 0 Å². The Balaban J connectivity index is 1.88. The predicted octanol–water partition coefficient (Wildman–Crippen LogP) is 3.04. The molecule has 1 amide bonds. The van der Waals surface area contributed by atoms with E-state index in [-0.39, 0.29) is 5.91 Å². The highest BCUT2D eigenvalue weighted by molar-refractivity contribution is 9.10. The van der Waals surface area contributed by atoms with Crippen LogP contribution in [0.4, 0.5) is 5.82 Å². The fourth-order valence-electron chi connectivity index (χ4n) is 1.77. The highest BCUT2D eigenvalue weighted by Gasteiger charge is 2.08. The molecule has 1 aromatic carbocycles. The van der Waals surface area contributed by atoms with Crippen molar-refractivity contribution < 1.29 is 4.79 Å². The number of pyridine rings is 1. The molecule has 2 heterocycles. The molecule has 6 heteroatoms. The summed E-state index contributed by atoms with van der Waals surface area (Å²) in [5.74, 6) is 0.256. The van der Waals surface area contributed by atoms with Gasteiger partial charge in [-0.05, 0) is 30.3 Å². The van der Waals surface area contributed by atoms with Crippen molar-refractivity contribution in [3.05, 3.63) is 59.0 Å². The molecule has 0 unspecified atom stereocenters. The molecule has 98 valence electrons. The quantitative estimate of drug-likeness (QED) is 0.785. The van der Waals surface area contributed by atoms with E-state index in [2.05, 4.69) is 36.2 Å². The van der Waals surface area contributed by atoms with Gasteiger partial charge in [0.15, 0.2) is 0 Å². The zero-order valence-electron chi connectivity index (χ0n) is 10.2. The van der Waals surface area contributed by atoms with Crippen molar-refractivity contribution in [3.63, 3.8) is 0 Å². The summed E-state index contributed by atoms with van der Waals surface area (Å²) in [5.41, 5.74) is 1.95. The summed E-state index contributed by atoms with van der Waals surface area (Å²) in [6, 6.07) is 8.71. The highest BCUT2D eigenvalue weighted by Crippen LogP contribution is 2.15. The molecule has 0 aliphatic heterocycles. The Labute approximate surface area is 123 Å². The van der Waals surface area contributed by atoms with Gasteiger partial charge in [0.05, 0.1) is 11.0 Å². The van der Waals surface area contributed by atoms with Gasteiger partial charge in [-0.2, -0.15) is 0 Å². The maximum atomic E-state index is 12.2. The van der Waals surface area contributed by atoms with Crippen LogP contribution in [0.25, 0.3) is 11.0 Å². The SMILES string of the molecule is O=C(Nc1cc(Br)ccn1)c1ccc2nccnc2c1. The molecule has 0 spiro atoms. The number of amides is 1. The molecule has 0 bridgehead atoms. The molecule has 0 saturated carbocycles. The number of carbonyl (C=O) groups is 1. The first-order valence-electron chi connectivity index (χ1n) is 5.86. The van der Waals surface area contributed by atoms with Crippen LogP contribution in [-0.2, 0) is 0 Å². The smallest absolute Gasteiger partial charge is 0.256 e. The number of anilines is 1. The lowest BCUT2D eigenvalue weighted by Crippen LogP contribution is -2.12. The first-order chi connectivity index (χ1) is 9.72. The standard InChI is InChI=1S/C14H9BrN4O/c15-10-3-4-18-13(8-10)19-14(20)9-1-2-11-12(7-9)17-6-5-16-11/h1-8H,(H,18,19,20). The van der Waals surface area contributed by atoms with Crippen molar-refractivity contribution in [1.29, 1.82) is 0 Å². The number of aromatic nitrogens is 3. The fourth-order valence-corrected chi connectivity index (χ4v) is 2.10. The van der Waals surface area contributed by atoms with Crippen LogP contribution in [0.1, 0.15) is 10.4 Å². The van der Waals surface area contributed by atoms with E-state index >= 15 is 0 Å². The number of halogens is 1. The Bertz CT molecular complexity index is 791. The van der Waals surface area contributed by atoms with E-state index in [0.29, 0.717) is 16.9 Å². The molecule has 3 rings (SSSR count). The number of fused-ring (bicyclic) bond motifs is 1. The second-order valence-corrected chi connectivity index (χ2v) is 4.99. The van der Waals surface area contributed by atoms with Gasteiger partial charge in [0.25, 0.3) is 5.91 Å². The Morgan fingerprint density at radius 1 is 0.950 bits per heavy atom. The third kappa shape index (κ3) is 2.65. The number of benzene rings is 1. The molecule has 3 aromatic rings. The Hall–Kier alpha value is -2.34. The van der Waals surface area contributed by atoms with E-state index < -0.39 is 0 Å². The molecule has 0 saturated heterocycles. The van der Waals surface area contributed by atoms with E-state index in [9.17, 15) is 4.79 Å². The number of nitrogens with one attached hydrogen (secondary N) is 1. The normalized spacial score (nSPS) is 10.4. The van der Waals surface area contributed by atoms with E-state index in [1.165, 1.54) is 0 Å². The van der Waals surface area contributed by atoms with Gasteiger partial charge in [0.2, 0.25) is 0 Å². The van der Waals surface area contributed by atoms with Gasteiger partial charge in [-0.25, -0.2) is 4.98 Å². The van der Waals surface area contributed by atoms with Gasteiger partial charge in [-0.15, -0.1) is 0 Å². The monoisotopic (exact) mass is 328 g/mol. The van der Waals surface area contributed by atoms with Gasteiger partial charge in [0.1, 0.15) is 5.82 Å². The van der Waals surface area contributed by atoms with Gasteiger partial charge in [-0.3, -0.25) is 14.8 Å². The van der Waals surface area contributed by atoms with Crippen LogP contribution in [0.5, 0.6) is 0 Å². The number of carbonyl (C=O) groups excluding carboxylic acids is 1. The first kappa shape index (κ1) is 12.7. The molecule has 0 aliphatic rings. The minimum atomic E-state index is -0.233. The minimum absolute atomic E-state index is 0.233. The average molecular weight is 329 g/mol. The summed E-state index contributed by atoms with van der Waals surface area (Å²) in [6.45, 7) is 0. The van der Waals surface area contributed by atoms with Gasteiger partial charge in [-0.1, -0.05) is 15.9 Å². The Morgan fingerprint density at radius 3 is 2.55 bits per heavy atom. The minimum Gasteiger partial charge on any atom is -0.307 e. The molecular weight excluding hydrogens is 320 g/mol. The van der Waals surface area contributed by atoms with Crippen LogP contribution in [0.3, 0.4) is 0 Å². The third-order valence-corrected chi connectivity index (χ3v) is 3.19. The Kier molecular flexibility index (Phi) is 3.39. The molecule has 20 heavy (non-hydrogen) atoms. The van der Waals surface area contributed by atoms with Crippen LogP contribution in [0.15, 0.2) is 53.4 Å². The third-order valence-electron chi connectivity index (χ3n) is 2.70. The molecule has 0 radical (unpaired) electrons. The van der Waals surface area contributed by atoms with Crippen molar-refractivity contribution in [2.24, 2.45) is 0 Å². The molecule has 5 nitrogen and oxygen atoms in total. The van der Waals surface area contributed by atoms with Gasteiger partial charge in [0, 0.05) is 28.6 Å². The topological polar surface area (TPSA) is 67.8 Å². The zero-order chi connectivity index (χ0) is 13.9. The van der Waals surface area contributed by atoms with Gasteiger partial charge >= 0.3 is 0 Å². The molecular formula is C14H9BrN4O. The second kappa shape index (κ2) is 5.34. The summed E-state index contributed by atoms with van der Waals surface area (Å²) in [4.78, 5) is 24.6. The number of hydrogen-bond donors (Lipinski definition) is 1. The van der Waals surface area contributed by atoms with Crippen molar-refractivity contribution >= 4 is 38.7 Å². The Morgan fingerprint density at radius 2 is 1.75 bits per heavy atom. The lowest BCUT2D eigenvalue weighted by Gasteiger charge is -2.05. The molecule has 2 aromatic heterocycles. The van der Waals surface area contributed by atoms with Crippen LogP contribution in [-0.4, -0.2) is 20.9 Å². The molecule has 1 N–H and O–H groups in total. The lowest BCUT2D eigenvalue weighted by molar-refractivity contribution is 0.102. The zero-order valence-corrected chi connectivity index (χ0v) is 11.8. The van der Waals surface area contributed by atoms with Crippen LogP contribution < -0.4 is 5.32 Å². The van der Waals surface area contributed by atoms with E-state index in [1.54, 1.807) is 48.9 Å². The lowest BCUT2D eigenvalue weighted by atomic mass is 10.2. The molecule has 0 atom stereocenters. The summed E-state index contributed by atoms with van der Waals surface area (Å²) in [7, 11) is 0. The maximum Gasteiger partial charge on any atom is 0.256 e. The molecule has 0 fully saturated rings. The van der Waals surface area contributed by atoms with Crippen molar-refractivity contribution in [2.75, 3.05) is 5.32 Å². The van der Waals surface area contributed by atoms with Crippen LogP contribution in [0.2, 0.25) is 0 Å². The highest BCUT2D eigenvalue weighted by atomic mass is 79.9. The largest absolute Gasteiger partial charge is 0.307 e. The van der Waals surface area contributed by atoms with Crippen molar-refractivity contribution in [1.82, 2.24) is 15.0 Å². The average Bonchev–Trinajstić information content (AvgIpc) is 2.47. The van der Waals surface area contributed by atoms with Crippen LogP contribution >= 0.6 is 15.9 Å². The number of nitrogens with zero attached hydrogens (tertiary/aromatic N) is 3. The van der Waals surface area contributed by atoms with Gasteiger partial charge < -0.3 is 5.32 Å². The number of hydrogen-bond acceptors (Lipinski definition) is 4. The van der Waals surface area contributed by atoms with Crippen LogP contribution in [0, 0.1) is 0 Å². The summed E-state index contributed by atoms with van der Waals surface area (Å²) < 4.78 is 0.854. The summed E-state index contributed by atoms with van der Waals surface area (Å²) in [6.07, 6.45) is 4.83. The second-order valence-electron chi connectivity index (χ2n) is 4.07. The van der Waals surface area contributed by atoms with Crippen molar-refractivity contribution in [3.8, 4) is 0 Å². The summed E-state index contributed by atoms with van der Waals surface area (Å²) >= 11 is 3.33. The van der Waals surface area contributed by atoms with Crippen molar-refractivity contribution in [2.45, 2.75) is 0 Å².